The number of rotatable bonds is 5. The summed E-state index contributed by atoms with van der Waals surface area (Å²) in [6.07, 6.45) is -3.94. The van der Waals surface area contributed by atoms with E-state index in [9.17, 15) is 18.0 Å². The average molecular weight is 475 g/mol. The summed E-state index contributed by atoms with van der Waals surface area (Å²) in [5.74, 6) is -0.290. The quantitative estimate of drug-likeness (QED) is 0.391. The lowest BCUT2D eigenvalue weighted by Gasteiger charge is -2.11. The number of ether oxygens (including phenoxy) is 1. The largest absolute Gasteiger partial charge is 0.497 e. The molecule has 1 amide bonds. The Morgan fingerprint density at radius 2 is 1.88 bits per heavy atom. The number of halogens is 4. The third-order valence-electron chi connectivity index (χ3n) is 5.02. The number of amides is 1. The number of nitrogens with one attached hydrogen (secondary N) is 1. The fourth-order valence-corrected chi connectivity index (χ4v) is 3.53. The average Bonchev–Trinajstić information content (AvgIpc) is 3.14. The summed E-state index contributed by atoms with van der Waals surface area (Å²) in [6.45, 7) is 2.00. The summed E-state index contributed by atoms with van der Waals surface area (Å²) in [5, 5.41) is 6.16. The first-order valence-electron chi connectivity index (χ1n) is 9.92. The van der Waals surface area contributed by atoms with Gasteiger partial charge in [-0.3, -0.25) is 4.79 Å². The van der Waals surface area contributed by atoms with E-state index in [4.69, 9.17) is 16.3 Å². The van der Waals surface area contributed by atoms with E-state index in [-0.39, 0.29) is 22.1 Å². The second-order valence-electron chi connectivity index (χ2n) is 7.16. The van der Waals surface area contributed by atoms with E-state index in [1.54, 1.807) is 36.4 Å². The molecule has 0 fully saturated rings. The number of nitrogens with zero attached hydrogens (tertiary/aromatic N) is 3. The second-order valence-corrected chi connectivity index (χ2v) is 7.54. The summed E-state index contributed by atoms with van der Waals surface area (Å²) >= 11 is 6.31. The molecule has 2 aromatic heterocycles. The molecule has 2 heterocycles. The fraction of sp³-hybridized carbons (Fsp3) is 0.174. The number of fused-ring (bicyclic) bond motifs is 1. The normalized spacial score (nSPS) is 11.6. The van der Waals surface area contributed by atoms with Crippen LogP contribution in [-0.2, 0) is 12.6 Å². The maximum absolute atomic E-state index is 13.9. The standard InChI is InChI=1S/C23H18ClF3N4O2/c1-3-13-7-9-15(10-8-13)28-22(32)20-19(24)21-29-17(14-5-4-6-16(11-14)33-2)12-18(23(25,26)27)31(21)30-20/h4-12H,3H2,1-2H3,(H,28,32). The molecule has 0 radical (unpaired) electrons. The summed E-state index contributed by atoms with van der Waals surface area (Å²) in [5.41, 5.74) is 0.180. The first-order valence-corrected chi connectivity index (χ1v) is 10.3. The minimum atomic E-state index is -4.77. The zero-order valence-electron chi connectivity index (χ0n) is 17.6. The van der Waals surface area contributed by atoms with Gasteiger partial charge in [0.05, 0.1) is 12.8 Å². The van der Waals surface area contributed by atoms with Gasteiger partial charge >= 0.3 is 6.18 Å². The number of hydrogen-bond donors (Lipinski definition) is 1. The molecule has 0 aliphatic rings. The molecule has 1 N–H and O–H groups in total. The Morgan fingerprint density at radius 1 is 1.15 bits per heavy atom. The molecule has 2 aromatic carbocycles. The summed E-state index contributed by atoms with van der Waals surface area (Å²) in [7, 11) is 1.45. The number of hydrogen-bond acceptors (Lipinski definition) is 4. The van der Waals surface area contributed by atoms with Gasteiger partial charge in [0.15, 0.2) is 17.0 Å². The Labute approximate surface area is 192 Å². The fourth-order valence-electron chi connectivity index (χ4n) is 3.28. The van der Waals surface area contributed by atoms with Gasteiger partial charge in [-0.15, -0.1) is 0 Å². The molecular formula is C23H18ClF3N4O2. The van der Waals surface area contributed by atoms with Crippen LogP contribution in [0.1, 0.15) is 28.7 Å². The third kappa shape index (κ3) is 4.49. The van der Waals surface area contributed by atoms with Crippen molar-refractivity contribution in [1.82, 2.24) is 14.6 Å². The molecule has 0 atom stereocenters. The van der Waals surface area contributed by atoms with Crippen LogP contribution in [0.15, 0.2) is 54.6 Å². The zero-order chi connectivity index (χ0) is 23.8. The highest BCUT2D eigenvalue weighted by Gasteiger charge is 2.36. The van der Waals surface area contributed by atoms with E-state index >= 15 is 0 Å². The summed E-state index contributed by atoms with van der Waals surface area (Å²) in [6, 6.07) is 14.4. The van der Waals surface area contributed by atoms with E-state index in [1.807, 2.05) is 19.1 Å². The molecule has 0 unspecified atom stereocenters. The molecule has 0 aliphatic heterocycles. The number of carbonyl (C=O) groups excluding carboxylic acids is 1. The van der Waals surface area contributed by atoms with Crippen molar-refractivity contribution in [2.75, 3.05) is 12.4 Å². The van der Waals surface area contributed by atoms with Crippen molar-refractivity contribution in [1.29, 1.82) is 0 Å². The van der Waals surface area contributed by atoms with Gasteiger partial charge in [0.2, 0.25) is 0 Å². The lowest BCUT2D eigenvalue weighted by atomic mass is 10.1. The van der Waals surface area contributed by atoms with Crippen molar-refractivity contribution in [2.24, 2.45) is 0 Å². The van der Waals surface area contributed by atoms with Crippen LogP contribution in [0, 0.1) is 0 Å². The number of methoxy groups -OCH3 is 1. The highest BCUT2D eigenvalue weighted by atomic mass is 35.5. The molecule has 0 bridgehead atoms. The number of carbonyl (C=O) groups is 1. The first kappa shape index (κ1) is 22.6. The Kier molecular flexibility index (Phi) is 5.99. The molecule has 0 spiro atoms. The Morgan fingerprint density at radius 3 is 2.52 bits per heavy atom. The van der Waals surface area contributed by atoms with Crippen LogP contribution >= 0.6 is 11.6 Å². The molecule has 4 aromatic rings. The van der Waals surface area contributed by atoms with Crippen LogP contribution in [0.4, 0.5) is 18.9 Å². The maximum Gasteiger partial charge on any atom is 0.433 e. The number of aromatic nitrogens is 3. The monoisotopic (exact) mass is 474 g/mol. The predicted octanol–water partition coefficient (Wildman–Crippen LogP) is 5.89. The van der Waals surface area contributed by atoms with E-state index in [0.29, 0.717) is 21.5 Å². The number of benzene rings is 2. The molecule has 10 heteroatoms. The van der Waals surface area contributed by atoms with Crippen LogP contribution in [-0.4, -0.2) is 27.6 Å². The lowest BCUT2D eigenvalue weighted by molar-refractivity contribution is -0.142. The van der Waals surface area contributed by atoms with E-state index in [1.165, 1.54) is 7.11 Å². The maximum atomic E-state index is 13.9. The molecule has 0 saturated heterocycles. The number of alkyl halides is 3. The Balaban J connectivity index is 1.81. The molecule has 6 nitrogen and oxygen atoms in total. The van der Waals surface area contributed by atoms with E-state index in [2.05, 4.69) is 15.4 Å². The van der Waals surface area contributed by atoms with Crippen molar-refractivity contribution in [3.05, 3.63) is 76.6 Å². The minimum absolute atomic E-state index is 0.0117. The van der Waals surface area contributed by atoms with Crippen LogP contribution < -0.4 is 10.1 Å². The van der Waals surface area contributed by atoms with Gasteiger partial charge in [-0.25, -0.2) is 9.50 Å². The van der Waals surface area contributed by atoms with Gasteiger partial charge in [-0.2, -0.15) is 18.3 Å². The van der Waals surface area contributed by atoms with Crippen LogP contribution in [0.3, 0.4) is 0 Å². The lowest BCUT2D eigenvalue weighted by Crippen LogP contribution is -2.15. The minimum Gasteiger partial charge on any atom is -0.497 e. The SMILES string of the molecule is CCc1ccc(NC(=O)c2nn3c(C(F)(F)F)cc(-c4cccc(OC)c4)nc3c2Cl)cc1. The van der Waals surface area contributed by atoms with Gasteiger partial charge in [-0.05, 0) is 42.3 Å². The van der Waals surface area contributed by atoms with Crippen molar-refractivity contribution in [3.8, 4) is 17.0 Å². The van der Waals surface area contributed by atoms with Crippen LogP contribution in [0.25, 0.3) is 16.9 Å². The molecular weight excluding hydrogens is 457 g/mol. The highest BCUT2D eigenvalue weighted by molar-refractivity contribution is 6.37. The summed E-state index contributed by atoms with van der Waals surface area (Å²) in [4.78, 5) is 17.0. The zero-order valence-corrected chi connectivity index (χ0v) is 18.3. The van der Waals surface area contributed by atoms with Gasteiger partial charge in [0.1, 0.15) is 10.8 Å². The van der Waals surface area contributed by atoms with Gasteiger partial charge in [-0.1, -0.05) is 42.8 Å². The molecule has 0 saturated carbocycles. The molecule has 33 heavy (non-hydrogen) atoms. The topological polar surface area (TPSA) is 68.5 Å². The highest BCUT2D eigenvalue weighted by Crippen LogP contribution is 2.35. The predicted molar refractivity (Wildman–Crippen MR) is 119 cm³/mol. The summed E-state index contributed by atoms with van der Waals surface area (Å²) < 4.78 is 47.3. The van der Waals surface area contributed by atoms with Crippen molar-refractivity contribution >= 4 is 28.8 Å². The Bertz CT molecular complexity index is 1330. The van der Waals surface area contributed by atoms with Crippen molar-refractivity contribution < 1.29 is 22.7 Å². The second kappa shape index (κ2) is 8.74. The smallest absolute Gasteiger partial charge is 0.433 e. The third-order valence-corrected chi connectivity index (χ3v) is 5.37. The Hall–Kier alpha value is -3.59. The van der Waals surface area contributed by atoms with Gasteiger partial charge in [0, 0.05) is 11.3 Å². The van der Waals surface area contributed by atoms with Crippen molar-refractivity contribution in [2.45, 2.75) is 19.5 Å². The van der Waals surface area contributed by atoms with Crippen molar-refractivity contribution in [3.63, 3.8) is 0 Å². The number of anilines is 1. The van der Waals surface area contributed by atoms with E-state index < -0.39 is 17.8 Å². The number of aryl methyl sites for hydroxylation is 1. The molecule has 4 rings (SSSR count). The van der Waals surface area contributed by atoms with Crippen LogP contribution in [0.5, 0.6) is 5.75 Å². The van der Waals surface area contributed by atoms with Gasteiger partial charge in [0.25, 0.3) is 5.91 Å². The van der Waals surface area contributed by atoms with E-state index in [0.717, 1.165) is 18.1 Å². The molecule has 0 aliphatic carbocycles. The van der Waals surface area contributed by atoms with Gasteiger partial charge < -0.3 is 10.1 Å². The molecule has 170 valence electrons. The first-order chi connectivity index (χ1) is 15.7. The van der Waals surface area contributed by atoms with Crippen LogP contribution in [0.2, 0.25) is 5.02 Å².